The molecule has 2 unspecified atom stereocenters. The quantitative estimate of drug-likeness (QED) is 0.493. The highest BCUT2D eigenvalue weighted by atomic mass is 35.5. The second kappa shape index (κ2) is 9.25. The molecule has 2 heterocycles. The van der Waals surface area contributed by atoms with Crippen LogP contribution in [0, 0.1) is 16.7 Å². The van der Waals surface area contributed by atoms with Gasteiger partial charge in [0.05, 0.1) is 28.3 Å². The third-order valence-corrected chi connectivity index (χ3v) is 9.29. The van der Waals surface area contributed by atoms with Crippen LogP contribution in [-0.4, -0.2) is 73.2 Å². The van der Waals surface area contributed by atoms with Crippen LogP contribution in [0.15, 0.2) is 23.1 Å². The van der Waals surface area contributed by atoms with E-state index in [1.807, 2.05) is 0 Å². The normalized spacial score (nSPS) is 29.4. The molecule has 1 amide bonds. The minimum Gasteiger partial charge on any atom is -0.480 e. The zero-order valence-corrected chi connectivity index (χ0v) is 20.5. The molecule has 37 heavy (non-hydrogen) atoms. The largest absolute Gasteiger partial charge is 0.480 e. The topological polar surface area (TPSA) is 145 Å². The van der Waals surface area contributed by atoms with E-state index in [4.69, 9.17) is 5.73 Å². The fourth-order valence-electron chi connectivity index (χ4n) is 5.04. The Bertz CT molecular complexity index is 1270. The molecule has 1 aliphatic carbocycles. The number of carboxylic acids is 1. The van der Waals surface area contributed by atoms with Crippen molar-refractivity contribution in [2.45, 2.75) is 53.6 Å². The Balaban J connectivity index is 0.00000380. The fraction of sp³-hybridized carbons (Fsp3) is 0.571. The molecule has 2 saturated heterocycles. The Labute approximate surface area is 214 Å². The van der Waals surface area contributed by atoms with E-state index in [2.05, 4.69) is 0 Å². The smallest absolute Gasteiger partial charge is 0.417 e. The number of anilines is 1. The molecule has 0 aromatic heterocycles. The maximum absolute atomic E-state index is 13.9. The molecule has 1 aromatic carbocycles. The predicted molar refractivity (Wildman–Crippen MR) is 120 cm³/mol. The van der Waals surface area contributed by atoms with E-state index >= 15 is 0 Å². The number of likely N-dealkylation sites (tertiary alicyclic amines) is 1. The number of hydrogen-bond donors (Lipinski definition) is 2. The number of alkyl halides is 5. The number of amides is 1. The van der Waals surface area contributed by atoms with Crippen molar-refractivity contribution in [3.05, 3.63) is 23.8 Å². The summed E-state index contributed by atoms with van der Waals surface area (Å²) in [5.74, 6) is -5.56. The number of primary amides is 1. The van der Waals surface area contributed by atoms with E-state index in [0.717, 1.165) is 15.9 Å². The summed E-state index contributed by atoms with van der Waals surface area (Å²) >= 11 is 0. The average molecular weight is 573 g/mol. The number of benzene rings is 1. The third kappa shape index (κ3) is 4.94. The second-order valence-corrected chi connectivity index (χ2v) is 11.5. The van der Waals surface area contributed by atoms with Gasteiger partial charge < -0.3 is 15.7 Å². The standard InChI is InChI=1S/C21H21F5N4O5S.ClH/c22-20(23)3-4-29(10-20)11-1-2-15(13(5-11)21(24,25)26)36(34,35)12-6-14(17(31)32)30(8-12)16-7-19(16,9-27)18(28)33;/h1-2,5,12,14,16H,3-4,6-8,10H2,(H2,28,33)(H,31,32);1H/t12-,14+,16?,19?;/m1./s1. The molecule has 204 valence electrons. The van der Waals surface area contributed by atoms with Crippen molar-refractivity contribution < 1.29 is 45.1 Å². The van der Waals surface area contributed by atoms with Crippen LogP contribution in [0.4, 0.5) is 27.6 Å². The predicted octanol–water partition coefficient (Wildman–Crippen LogP) is 2.04. The minimum atomic E-state index is -5.15. The van der Waals surface area contributed by atoms with Gasteiger partial charge in [0.2, 0.25) is 5.91 Å². The van der Waals surface area contributed by atoms with Crippen LogP contribution in [0.5, 0.6) is 0 Å². The zero-order chi connectivity index (χ0) is 26.8. The van der Waals surface area contributed by atoms with Crippen LogP contribution in [-0.2, 0) is 25.6 Å². The molecule has 4 atom stereocenters. The van der Waals surface area contributed by atoms with E-state index < -0.39 is 93.0 Å². The second-order valence-electron chi connectivity index (χ2n) is 9.33. The lowest BCUT2D eigenvalue weighted by Gasteiger charge is -2.23. The van der Waals surface area contributed by atoms with Gasteiger partial charge in [-0.25, -0.2) is 17.2 Å². The molecule has 9 nitrogen and oxygen atoms in total. The van der Waals surface area contributed by atoms with Gasteiger partial charge in [-0.05, 0) is 31.0 Å². The van der Waals surface area contributed by atoms with Crippen molar-refractivity contribution in [2.24, 2.45) is 11.1 Å². The van der Waals surface area contributed by atoms with Crippen LogP contribution in [0.2, 0.25) is 0 Å². The summed E-state index contributed by atoms with van der Waals surface area (Å²) in [7, 11) is -4.78. The highest BCUT2D eigenvalue weighted by Gasteiger charge is 2.66. The van der Waals surface area contributed by atoms with Gasteiger partial charge in [0.25, 0.3) is 5.92 Å². The summed E-state index contributed by atoms with van der Waals surface area (Å²) in [4.78, 5) is 24.6. The molecule has 3 N–H and O–H groups in total. The first-order valence-electron chi connectivity index (χ1n) is 10.8. The van der Waals surface area contributed by atoms with Crippen molar-refractivity contribution in [3.8, 4) is 6.07 Å². The van der Waals surface area contributed by atoms with Crippen molar-refractivity contribution in [3.63, 3.8) is 0 Å². The summed E-state index contributed by atoms with van der Waals surface area (Å²) in [5, 5.41) is 17.3. The molecule has 4 rings (SSSR count). The molecular weight excluding hydrogens is 551 g/mol. The number of nitriles is 1. The van der Waals surface area contributed by atoms with Gasteiger partial charge in [-0.2, -0.15) is 18.4 Å². The minimum absolute atomic E-state index is 0. The summed E-state index contributed by atoms with van der Waals surface area (Å²) in [6.07, 6.45) is -6.41. The van der Waals surface area contributed by atoms with Crippen molar-refractivity contribution in [1.29, 1.82) is 5.26 Å². The monoisotopic (exact) mass is 572 g/mol. The molecule has 0 spiro atoms. The number of sulfone groups is 1. The molecular formula is C21H22ClF5N4O5S. The number of aliphatic carboxylic acids is 1. The van der Waals surface area contributed by atoms with Crippen LogP contribution in [0.3, 0.4) is 0 Å². The molecule has 0 radical (unpaired) electrons. The lowest BCUT2D eigenvalue weighted by atomic mass is 10.1. The zero-order valence-electron chi connectivity index (χ0n) is 18.9. The van der Waals surface area contributed by atoms with Gasteiger partial charge in [0.1, 0.15) is 6.04 Å². The lowest BCUT2D eigenvalue weighted by Crippen LogP contribution is -2.42. The molecule has 1 saturated carbocycles. The van der Waals surface area contributed by atoms with Gasteiger partial charge in [-0.3, -0.25) is 14.5 Å². The number of carboxylic acid groups (broad SMARTS) is 1. The van der Waals surface area contributed by atoms with Crippen LogP contribution < -0.4 is 10.6 Å². The summed E-state index contributed by atoms with van der Waals surface area (Å²) in [6.45, 7) is -1.55. The molecule has 16 heteroatoms. The first kappa shape index (κ1) is 28.9. The van der Waals surface area contributed by atoms with Crippen molar-refractivity contribution in [1.82, 2.24) is 4.90 Å². The van der Waals surface area contributed by atoms with Crippen LogP contribution in [0.1, 0.15) is 24.8 Å². The summed E-state index contributed by atoms with van der Waals surface area (Å²) < 4.78 is 95.6. The Morgan fingerprint density at radius 1 is 1.24 bits per heavy atom. The third-order valence-electron chi connectivity index (χ3n) is 7.10. The SMILES string of the molecule is Cl.N#CC1(C(N)=O)CC1N1C[C@H](S(=O)(=O)c2ccc(N3CCC(F)(F)C3)cc2C(F)(F)F)C[C@H]1C(=O)O. The van der Waals surface area contributed by atoms with E-state index in [9.17, 15) is 50.3 Å². The molecule has 2 aliphatic heterocycles. The molecule has 3 fully saturated rings. The van der Waals surface area contributed by atoms with Crippen LogP contribution in [0.25, 0.3) is 0 Å². The van der Waals surface area contributed by atoms with E-state index in [1.54, 1.807) is 6.07 Å². The maximum Gasteiger partial charge on any atom is 0.417 e. The summed E-state index contributed by atoms with van der Waals surface area (Å²) in [5.41, 5.74) is 1.79. The van der Waals surface area contributed by atoms with Crippen molar-refractivity contribution >= 4 is 39.8 Å². The van der Waals surface area contributed by atoms with Crippen LogP contribution >= 0.6 is 12.4 Å². The Morgan fingerprint density at radius 2 is 1.89 bits per heavy atom. The molecule has 3 aliphatic rings. The van der Waals surface area contributed by atoms with E-state index in [1.165, 1.54) is 0 Å². The fourth-order valence-corrected chi connectivity index (χ4v) is 6.94. The number of carbonyl (C=O) groups is 2. The first-order valence-corrected chi connectivity index (χ1v) is 12.4. The average Bonchev–Trinajstić information content (AvgIpc) is 3.15. The first-order chi connectivity index (χ1) is 16.5. The number of carbonyl (C=O) groups excluding carboxylic acids is 1. The van der Waals surface area contributed by atoms with Gasteiger partial charge in [-0.1, -0.05) is 0 Å². The number of nitrogens with zero attached hydrogens (tertiary/aromatic N) is 3. The Hall–Kier alpha value is -2.70. The van der Waals surface area contributed by atoms with Crippen molar-refractivity contribution in [2.75, 3.05) is 24.5 Å². The van der Waals surface area contributed by atoms with Gasteiger partial charge in [-0.15, -0.1) is 12.4 Å². The van der Waals surface area contributed by atoms with Gasteiger partial charge in [0.15, 0.2) is 15.3 Å². The molecule has 1 aromatic rings. The number of halogens is 6. The highest BCUT2D eigenvalue weighted by Crippen LogP contribution is 2.52. The number of rotatable bonds is 6. The van der Waals surface area contributed by atoms with Gasteiger partial charge >= 0.3 is 12.1 Å². The summed E-state index contributed by atoms with van der Waals surface area (Å²) in [6, 6.07) is 1.49. The molecule has 0 bridgehead atoms. The lowest BCUT2D eigenvalue weighted by molar-refractivity contribution is -0.143. The van der Waals surface area contributed by atoms with E-state index in [0.29, 0.717) is 12.1 Å². The highest BCUT2D eigenvalue weighted by molar-refractivity contribution is 7.92. The van der Waals surface area contributed by atoms with Gasteiger partial charge in [0, 0.05) is 31.2 Å². The van der Waals surface area contributed by atoms with E-state index in [-0.39, 0.29) is 31.1 Å². The maximum atomic E-state index is 13.9. The Morgan fingerprint density at radius 3 is 2.35 bits per heavy atom. The number of hydrogen-bond acceptors (Lipinski definition) is 7. The Kier molecular flexibility index (Phi) is 7.21. The number of nitrogens with two attached hydrogens (primary N) is 1.